The zero-order valence-electron chi connectivity index (χ0n) is 3.05. The molecule has 6 heavy (non-hydrogen) atoms. The molecule has 0 saturated heterocycles. The van der Waals surface area contributed by atoms with Gasteiger partial charge < -0.3 is 4.89 Å². The molecule has 0 spiro atoms. The third-order valence-electron chi connectivity index (χ3n) is 0.102. The molecule has 0 rings (SSSR count). The number of carbonyl (C=O) groups excluding carboxylic acids is 1. The summed E-state index contributed by atoms with van der Waals surface area (Å²) in [7, 11) is 0. The first-order valence-corrected chi connectivity index (χ1v) is 0.944. The maximum Gasteiger partial charge on any atom is 0.210 e. The van der Waals surface area contributed by atoms with Crippen molar-refractivity contribution < 1.29 is 47.6 Å². The van der Waals surface area contributed by atoms with Gasteiger partial charge in [0.25, 0.3) is 0 Å². The van der Waals surface area contributed by atoms with Crippen molar-refractivity contribution in [2.75, 3.05) is 0 Å². The quantitative estimate of drug-likeness (QED) is 0.307. The van der Waals surface area contributed by atoms with Crippen molar-refractivity contribution in [3.8, 4) is 0 Å². The van der Waals surface area contributed by atoms with E-state index in [0.717, 1.165) is 0 Å². The van der Waals surface area contributed by atoms with Crippen LogP contribution >= 0.6 is 0 Å². The molecule has 0 unspecified atom stereocenters. The summed E-state index contributed by atoms with van der Waals surface area (Å²) in [5.41, 5.74) is 0. The molecule has 33 valence electrons. The summed E-state index contributed by atoms with van der Waals surface area (Å²) in [6.45, 7) is 2.65. The predicted octanol–water partition coefficient (Wildman–Crippen LogP) is -0.166. The van der Waals surface area contributed by atoms with E-state index in [0.29, 0.717) is 0 Å². The molecular weight excluding hydrogens is 161 g/mol. The zero-order valence-corrected chi connectivity index (χ0v) is 5.89. The van der Waals surface area contributed by atoms with Gasteiger partial charge in [0, 0.05) is 32.7 Å². The van der Waals surface area contributed by atoms with Gasteiger partial charge >= 0.3 is 0 Å². The molecule has 0 aliphatic heterocycles. The Labute approximate surface area is 60.5 Å². The van der Waals surface area contributed by atoms with E-state index in [1.807, 2.05) is 0 Å². The third-order valence-corrected chi connectivity index (χ3v) is 0.102. The van der Waals surface area contributed by atoms with Gasteiger partial charge in [0.1, 0.15) is 0 Å². The molecule has 1 radical (unpaired) electrons. The predicted molar refractivity (Wildman–Crippen MR) is 14.1 cm³/mol. The molecule has 0 amide bonds. The van der Waals surface area contributed by atoms with Crippen LogP contribution in [-0.2, 0) is 42.4 Å². The molecule has 0 aliphatic rings. The topological polar surface area (TPSA) is 46.5 Å². The molecule has 0 aliphatic carbocycles. The van der Waals surface area contributed by atoms with E-state index in [-0.39, 0.29) is 32.7 Å². The van der Waals surface area contributed by atoms with Crippen molar-refractivity contribution in [2.24, 2.45) is 0 Å². The van der Waals surface area contributed by atoms with Gasteiger partial charge in [-0.1, -0.05) is 0 Å². The summed E-state index contributed by atoms with van der Waals surface area (Å²) >= 11 is 0. The van der Waals surface area contributed by atoms with Crippen LogP contribution in [-0.4, -0.2) is 11.2 Å². The Balaban J connectivity index is 0. The number of rotatable bonds is 0. The normalized spacial score (nSPS) is 5.50. The Kier molecular flexibility index (Phi) is 8.68. The molecule has 0 saturated carbocycles. The minimum Gasteiger partial charge on any atom is -0.335 e. The molecule has 0 heterocycles. The van der Waals surface area contributed by atoms with Gasteiger partial charge in [-0.3, -0.25) is 11.7 Å². The van der Waals surface area contributed by atoms with Crippen LogP contribution in [0, 0.1) is 6.92 Å². The average molecular weight is 164 g/mol. The van der Waals surface area contributed by atoms with Gasteiger partial charge in [0.05, 0.1) is 0 Å². The van der Waals surface area contributed by atoms with E-state index in [2.05, 4.69) is 11.8 Å². The first-order valence-electron chi connectivity index (χ1n) is 0.944. The smallest absolute Gasteiger partial charge is 0.210 e. The van der Waals surface area contributed by atoms with Crippen LogP contribution in [0.2, 0.25) is 0 Å². The minimum atomic E-state index is -0.940. The summed E-state index contributed by atoms with van der Waals surface area (Å²) in [6, 6.07) is 0. The van der Waals surface area contributed by atoms with E-state index in [1.54, 1.807) is 0 Å². The van der Waals surface area contributed by atoms with Crippen LogP contribution < -0.4 is 0 Å². The molecule has 4 heteroatoms. The molecule has 3 nitrogen and oxygen atoms in total. The van der Waals surface area contributed by atoms with E-state index in [4.69, 9.17) is 5.26 Å². The maximum atomic E-state index is 9.23. The third kappa shape index (κ3) is 8.83. The van der Waals surface area contributed by atoms with E-state index < -0.39 is 5.97 Å². The molecule has 0 bridgehead atoms. The molecule has 0 aromatic carbocycles. The van der Waals surface area contributed by atoms with Crippen molar-refractivity contribution in [3.63, 3.8) is 0 Å². The van der Waals surface area contributed by atoms with Crippen molar-refractivity contribution in [1.82, 2.24) is 0 Å². The SMILES string of the molecule is [CH2-]C(=O)OO.[Y]. The molecule has 0 fully saturated rings. The van der Waals surface area contributed by atoms with Gasteiger partial charge in [-0.25, -0.2) is 5.26 Å². The average Bonchev–Trinajstić information content (AvgIpc) is 1.38. The Morgan fingerprint density at radius 3 is 2.00 bits per heavy atom. The molecular formula is C2H3O3Y-. The van der Waals surface area contributed by atoms with E-state index in [1.165, 1.54) is 0 Å². The van der Waals surface area contributed by atoms with Crippen LogP contribution in [0.15, 0.2) is 0 Å². The van der Waals surface area contributed by atoms with Gasteiger partial charge in [-0.15, -0.1) is 0 Å². The summed E-state index contributed by atoms with van der Waals surface area (Å²) < 4.78 is 0. The second-order valence-electron chi connectivity index (χ2n) is 0.463. The van der Waals surface area contributed by atoms with Crippen LogP contribution in [0.4, 0.5) is 0 Å². The zero-order chi connectivity index (χ0) is 4.28. The summed E-state index contributed by atoms with van der Waals surface area (Å²) in [4.78, 5) is 12.2. The van der Waals surface area contributed by atoms with Crippen molar-refractivity contribution >= 4 is 5.97 Å². The fourth-order valence-electron chi connectivity index (χ4n) is 0. The molecule has 0 aromatic rings. The Morgan fingerprint density at radius 2 is 2.00 bits per heavy atom. The largest absolute Gasteiger partial charge is 0.335 e. The van der Waals surface area contributed by atoms with Crippen LogP contribution in [0.3, 0.4) is 0 Å². The van der Waals surface area contributed by atoms with Gasteiger partial charge in [-0.05, 0) is 0 Å². The second kappa shape index (κ2) is 5.40. The molecule has 0 aromatic heterocycles. The van der Waals surface area contributed by atoms with Crippen molar-refractivity contribution in [3.05, 3.63) is 6.92 Å². The van der Waals surface area contributed by atoms with Crippen molar-refractivity contribution in [2.45, 2.75) is 0 Å². The van der Waals surface area contributed by atoms with Crippen molar-refractivity contribution in [1.29, 1.82) is 0 Å². The summed E-state index contributed by atoms with van der Waals surface area (Å²) in [6.07, 6.45) is 0. The van der Waals surface area contributed by atoms with Gasteiger partial charge in [0.15, 0.2) is 0 Å². The monoisotopic (exact) mass is 164 g/mol. The van der Waals surface area contributed by atoms with Gasteiger partial charge in [-0.2, -0.15) is 0 Å². The molecule has 1 N–H and O–H groups in total. The number of hydrogen-bond acceptors (Lipinski definition) is 3. The van der Waals surface area contributed by atoms with Crippen LogP contribution in [0.25, 0.3) is 0 Å². The van der Waals surface area contributed by atoms with E-state index >= 15 is 0 Å². The van der Waals surface area contributed by atoms with Crippen LogP contribution in [0.5, 0.6) is 0 Å². The summed E-state index contributed by atoms with van der Waals surface area (Å²) in [5.74, 6) is -0.940. The Hall–Kier alpha value is 0.404. The van der Waals surface area contributed by atoms with Gasteiger partial charge in [0.2, 0.25) is 5.97 Å². The standard InChI is InChI=1S/C2H3O3.Y/c1-2(3)5-4;/h4H,1H2;/q-1;. The van der Waals surface area contributed by atoms with E-state index in [9.17, 15) is 4.79 Å². The number of hydrogen-bond donors (Lipinski definition) is 1. The number of carbonyl (C=O) groups is 1. The fraction of sp³-hybridized carbons (Fsp3) is 0. The fourth-order valence-corrected chi connectivity index (χ4v) is 0. The maximum absolute atomic E-state index is 9.23. The first-order chi connectivity index (χ1) is 2.27. The second-order valence-corrected chi connectivity index (χ2v) is 0.463. The Morgan fingerprint density at radius 1 is 1.83 bits per heavy atom. The van der Waals surface area contributed by atoms with Crippen LogP contribution in [0.1, 0.15) is 0 Å². The first kappa shape index (κ1) is 9.64. The Bertz CT molecular complexity index is 44.1. The summed E-state index contributed by atoms with van der Waals surface area (Å²) in [5, 5.41) is 7.23. The minimum absolute atomic E-state index is 0. The molecule has 0 atom stereocenters.